The van der Waals surface area contributed by atoms with Crippen molar-refractivity contribution in [3.8, 4) is 0 Å². The van der Waals surface area contributed by atoms with Crippen molar-refractivity contribution < 1.29 is 4.39 Å². The first kappa shape index (κ1) is 12.0. The zero-order valence-corrected chi connectivity index (χ0v) is 9.46. The molecule has 1 aromatic rings. The molecular weight excluding hydrogens is 191 g/mol. The summed E-state index contributed by atoms with van der Waals surface area (Å²) in [4.78, 5) is 1.78. The molecule has 0 aliphatic carbocycles. The van der Waals surface area contributed by atoms with Gasteiger partial charge in [0.05, 0.1) is 5.69 Å². The summed E-state index contributed by atoms with van der Waals surface area (Å²) >= 11 is 0. The lowest BCUT2D eigenvalue weighted by molar-refractivity contribution is 0.622. The van der Waals surface area contributed by atoms with Gasteiger partial charge in [-0.15, -0.1) is 0 Å². The third-order valence-electron chi connectivity index (χ3n) is 2.41. The number of hydrogen-bond acceptors (Lipinski definition) is 2. The maximum Gasteiger partial charge on any atom is 0.146 e. The van der Waals surface area contributed by atoms with Crippen LogP contribution in [0.3, 0.4) is 0 Å². The molecule has 0 fully saturated rings. The standard InChI is InChI=1S/C12H19FN2/c1-15(2)12-7-6-10(9-11(12)13)5-3-4-8-14/h6-7,9H,3-5,8,14H2,1-2H3. The second-order valence-electron chi connectivity index (χ2n) is 3.93. The Hall–Kier alpha value is -1.09. The number of anilines is 1. The van der Waals surface area contributed by atoms with Gasteiger partial charge in [0.15, 0.2) is 0 Å². The molecule has 0 unspecified atom stereocenters. The number of nitrogens with two attached hydrogens (primary N) is 1. The van der Waals surface area contributed by atoms with Crippen LogP contribution in [0.25, 0.3) is 0 Å². The van der Waals surface area contributed by atoms with E-state index in [4.69, 9.17) is 5.73 Å². The molecule has 0 aliphatic rings. The summed E-state index contributed by atoms with van der Waals surface area (Å²) in [7, 11) is 3.68. The molecule has 0 bridgehead atoms. The van der Waals surface area contributed by atoms with Crippen LogP contribution in [0.1, 0.15) is 18.4 Å². The van der Waals surface area contributed by atoms with Crippen molar-refractivity contribution in [3.63, 3.8) is 0 Å². The summed E-state index contributed by atoms with van der Waals surface area (Å²) in [5.74, 6) is -0.148. The first-order valence-electron chi connectivity index (χ1n) is 5.31. The third-order valence-corrected chi connectivity index (χ3v) is 2.41. The van der Waals surface area contributed by atoms with Crippen molar-refractivity contribution in [2.24, 2.45) is 5.73 Å². The van der Waals surface area contributed by atoms with Gasteiger partial charge in [-0.3, -0.25) is 0 Å². The fourth-order valence-corrected chi connectivity index (χ4v) is 1.54. The second kappa shape index (κ2) is 5.71. The van der Waals surface area contributed by atoms with Crippen molar-refractivity contribution in [2.45, 2.75) is 19.3 Å². The fourth-order valence-electron chi connectivity index (χ4n) is 1.54. The van der Waals surface area contributed by atoms with E-state index < -0.39 is 0 Å². The van der Waals surface area contributed by atoms with Gasteiger partial charge in [-0.25, -0.2) is 4.39 Å². The number of hydrogen-bond donors (Lipinski definition) is 1. The average molecular weight is 210 g/mol. The highest BCUT2D eigenvalue weighted by atomic mass is 19.1. The lowest BCUT2D eigenvalue weighted by Gasteiger charge is -2.14. The third kappa shape index (κ3) is 3.51. The van der Waals surface area contributed by atoms with E-state index in [-0.39, 0.29) is 5.82 Å². The van der Waals surface area contributed by atoms with Crippen LogP contribution >= 0.6 is 0 Å². The van der Waals surface area contributed by atoms with Crippen molar-refractivity contribution >= 4 is 5.69 Å². The van der Waals surface area contributed by atoms with E-state index in [0.717, 1.165) is 24.8 Å². The highest BCUT2D eigenvalue weighted by molar-refractivity contribution is 5.47. The predicted octanol–water partition coefficient (Wildman–Crippen LogP) is 2.17. The number of rotatable bonds is 5. The highest BCUT2D eigenvalue weighted by Gasteiger charge is 2.04. The van der Waals surface area contributed by atoms with Crippen molar-refractivity contribution in [1.29, 1.82) is 0 Å². The van der Waals surface area contributed by atoms with Gasteiger partial charge in [0.1, 0.15) is 5.82 Å². The van der Waals surface area contributed by atoms with Crippen molar-refractivity contribution in [2.75, 3.05) is 25.5 Å². The van der Waals surface area contributed by atoms with Crippen LogP contribution in [0.4, 0.5) is 10.1 Å². The molecular formula is C12H19FN2. The van der Waals surface area contributed by atoms with Gasteiger partial charge in [0.25, 0.3) is 0 Å². The lowest BCUT2D eigenvalue weighted by atomic mass is 10.1. The Kier molecular flexibility index (Phi) is 4.56. The largest absolute Gasteiger partial charge is 0.375 e. The molecule has 1 rings (SSSR count). The van der Waals surface area contributed by atoms with Crippen molar-refractivity contribution in [1.82, 2.24) is 0 Å². The normalized spacial score (nSPS) is 10.4. The van der Waals surface area contributed by atoms with Crippen LogP contribution < -0.4 is 10.6 Å². The smallest absolute Gasteiger partial charge is 0.146 e. The van der Waals surface area contributed by atoms with E-state index in [0.29, 0.717) is 12.2 Å². The molecule has 0 radical (unpaired) electrons. The monoisotopic (exact) mass is 210 g/mol. The quantitative estimate of drug-likeness (QED) is 0.755. The Morgan fingerprint density at radius 3 is 2.53 bits per heavy atom. The summed E-state index contributed by atoms with van der Waals surface area (Å²) in [5, 5.41) is 0. The molecule has 0 spiro atoms. The number of aryl methyl sites for hydroxylation is 1. The van der Waals surface area contributed by atoms with Crippen LogP contribution in [0.2, 0.25) is 0 Å². The maximum atomic E-state index is 13.5. The fraction of sp³-hybridized carbons (Fsp3) is 0.500. The lowest BCUT2D eigenvalue weighted by Crippen LogP contribution is -2.10. The van der Waals surface area contributed by atoms with Gasteiger partial charge in [-0.05, 0) is 43.5 Å². The van der Waals surface area contributed by atoms with E-state index >= 15 is 0 Å². The minimum atomic E-state index is -0.148. The number of benzene rings is 1. The Labute approximate surface area is 90.9 Å². The van der Waals surface area contributed by atoms with Crippen LogP contribution in [-0.4, -0.2) is 20.6 Å². The zero-order valence-electron chi connectivity index (χ0n) is 9.46. The van der Waals surface area contributed by atoms with Gasteiger partial charge in [0.2, 0.25) is 0 Å². The van der Waals surface area contributed by atoms with Gasteiger partial charge in [-0.2, -0.15) is 0 Å². The molecule has 0 aromatic heterocycles. The van der Waals surface area contributed by atoms with E-state index in [1.54, 1.807) is 11.0 Å². The Bertz CT molecular complexity index is 310. The van der Waals surface area contributed by atoms with Crippen LogP contribution in [-0.2, 0) is 6.42 Å². The maximum absolute atomic E-state index is 13.5. The van der Waals surface area contributed by atoms with E-state index in [9.17, 15) is 4.39 Å². The van der Waals surface area contributed by atoms with Gasteiger partial charge < -0.3 is 10.6 Å². The van der Waals surface area contributed by atoms with Gasteiger partial charge in [0, 0.05) is 14.1 Å². The molecule has 1 aromatic carbocycles. The number of halogens is 1. The molecule has 2 N–H and O–H groups in total. The molecule has 3 heteroatoms. The van der Waals surface area contributed by atoms with Crippen LogP contribution in [0.5, 0.6) is 0 Å². The Morgan fingerprint density at radius 1 is 1.27 bits per heavy atom. The van der Waals surface area contributed by atoms with E-state index in [1.165, 1.54) is 0 Å². The zero-order chi connectivity index (χ0) is 11.3. The molecule has 0 atom stereocenters. The summed E-state index contributed by atoms with van der Waals surface area (Å²) in [6, 6.07) is 5.42. The minimum Gasteiger partial charge on any atom is -0.375 e. The second-order valence-corrected chi connectivity index (χ2v) is 3.93. The molecule has 0 saturated carbocycles. The van der Waals surface area contributed by atoms with Gasteiger partial charge >= 0.3 is 0 Å². The van der Waals surface area contributed by atoms with E-state index in [1.807, 2.05) is 26.2 Å². The van der Waals surface area contributed by atoms with Crippen LogP contribution in [0, 0.1) is 5.82 Å². The minimum absolute atomic E-state index is 0.148. The molecule has 0 heterocycles. The predicted molar refractivity (Wildman–Crippen MR) is 62.7 cm³/mol. The van der Waals surface area contributed by atoms with E-state index in [2.05, 4.69) is 0 Å². The summed E-state index contributed by atoms with van der Waals surface area (Å²) < 4.78 is 13.5. The summed E-state index contributed by atoms with van der Waals surface area (Å²) in [6.45, 7) is 0.707. The summed E-state index contributed by atoms with van der Waals surface area (Å²) in [6.07, 6.45) is 2.93. The number of unbranched alkanes of at least 4 members (excludes halogenated alkanes) is 1. The molecule has 15 heavy (non-hydrogen) atoms. The first-order valence-corrected chi connectivity index (χ1v) is 5.31. The summed E-state index contributed by atoms with van der Waals surface area (Å²) in [5.41, 5.74) is 7.09. The Balaban J connectivity index is 2.65. The first-order chi connectivity index (χ1) is 7.15. The average Bonchev–Trinajstić information content (AvgIpc) is 2.17. The van der Waals surface area contributed by atoms with Crippen LogP contribution in [0.15, 0.2) is 18.2 Å². The molecule has 84 valence electrons. The topological polar surface area (TPSA) is 29.3 Å². The van der Waals surface area contributed by atoms with Gasteiger partial charge in [-0.1, -0.05) is 6.07 Å². The number of nitrogens with zero attached hydrogens (tertiary/aromatic N) is 1. The molecule has 0 amide bonds. The Morgan fingerprint density at radius 2 is 2.00 bits per heavy atom. The molecule has 0 aliphatic heterocycles. The van der Waals surface area contributed by atoms with Crippen molar-refractivity contribution in [3.05, 3.63) is 29.6 Å². The molecule has 0 saturated heterocycles. The highest BCUT2D eigenvalue weighted by Crippen LogP contribution is 2.19. The SMILES string of the molecule is CN(C)c1ccc(CCCCN)cc1F. The molecule has 2 nitrogen and oxygen atoms in total.